The van der Waals surface area contributed by atoms with Crippen molar-refractivity contribution in [1.29, 1.82) is 0 Å². The molecule has 0 saturated carbocycles. The third kappa shape index (κ3) is 3.43. The van der Waals surface area contributed by atoms with Crippen LogP contribution in [-0.4, -0.2) is 26.9 Å². The van der Waals surface area contributed by atoms with Crippen LogP contribution in [0.2, 0.25) is 0 Å². The lowest BCUT2D eigenvalue weighted by atomic mass is 9.87. The number of fused-ring (bicyclic) bond motifs is 3. The second-order valence-electron chi connectivity index (χ2n) is 8.72. The van der Waals surface area contributed by atoms with Gasteiger partial charge in [-0.1, -0.05) is 32.9 Å². The van der Waals surface area contributed by atoms with E-state index in [2.05, 4.69) is 48.0 Å². The molecule has 30 heavy (non-hydrogen) atoms. The molecule has 0 aliphatic carbocycles. The Balaban J connectivity index is 1.92. The van der Waals surface area contributed by atoms with Gasteiger partial charge in [0.25, 0.3) is 5.91 Å². The van der Waals surface area contributed by atoms with Crippen LogP contribution in [0.25, 0.3) is 32.9 Å². The summed E-state index contributed by atoms with van der Waals surface area (Å²) in [6.07, 6.45) is 3.39. The first kappa shape index (κ1) is 19.7. The Morgan fingerprint density at radius 3 is 2.43 bits per heavy atom. The van der Waals surface area contributed by atoms with Crippen LogP contribution in [-0.2, 0) is 0 Å². The van der Waals surface area contributed by atoms with Gasteiger partial charge in [0.1, 0.15) is 0 Å². The normalized spacial score (nSPS) is 12.9. The molecule has 0 aliphatic rings. The van der Waals surface area contributed by atoms with Gasteiger partial charge in [-0.2, -0.15) is 0 Å². The highest BCUT2D eigenvalue weighted by atomic mass is 16.1. The lowest BCUT2D eigenvalue weighted by Crippen LogP contribution is -2.30. The molecule has 2 heterocycles. The summed E-state index contributed by atoms with van der Waals surface area (Å²) in [6, 6.07) is 9.99. The Hall–Kier alpha value is -3.61. The zero-order chi connectivity index (χ0) is 21.6. The largest absolute Gasteiger partial charge is 0.381 e. The smallest absolute Gasteiger partial charge is 0.250 e. The van der Waals surface area contributed by atoms with Gasteiger partial charge in [-0.25, -0.2) is 9.97 Å². The van der Waals surface area contributed by atoms with Gasteiger partial charge in [-0.05, 0) is 36.1 Å². The van der Waals surface area contributed by atoms with E-state index in [4.69, 9.17) is 11.5 Å². The molecule has 1 amide bonds. The number of carbonyl (C=O) groups excluding carboxylic acids is 1. The molecule has 7 heteroatoms. The van der Waals surface area contributed by atoms with E-state index >= 15 is 0 Å². The van der Waals surface area contributed by atoms with E-state index in [9.17, 15) is 4.79 Å². The minimum atomic E-state index is -0.464. The fraction of sp³-hybridized carbons (Fsp3) is 0.261. The molecule has 4 rings (SSSR count). The number of aromatic amines is 1. The Labute approximate surface area is 174 Å². The molecule has 6 N–H and O–H groups in total. The van der Waals surface area contributed by atoms with Crippen LogP contribution in [0.5, 0.6) is 0 Å². The number of amides is 1. The highest BCUT2D eigenvalue weighted by Crippen LogP contribution is 2.37. The number of nitrogens with zero attached hydrogens (tertiary/aromatic N) is 2. The quantitative estimate of drug-likeness (QED) is 0.405. The summed E-state index contributed by atoms with van der Waals surface area (Å²) in [5.41, 5.74) is 16.2. The molecular formula is C23H26N6O. The number of nitrogen functional groups attached to an aromatic ring is 1. The van der Waals surface area contributed by atoms with E-state index in [-0.39, 0.29) is 17.4 Å². The van der Waals surface area contributed by atoms with Crippen LogP contribution in [0.1, 0.15) is 38.1 Å². The van der Waals surface area contributed by atoms with Crippen LogP contribution in [0, 0.1) is 5.41 Å². The molecule has 4 aromatic rings. The zero-order valence-electron chi connectivity index (χ0n) is 17.6. The maximum Gasteiger partial charge on any atom is 0.250 e. The van der Waals surface area contributed by atoms with Crippen molar-refractivity contribution in [2.24, 2.45) is 11.1 Å². The summed E-state index contributed by atoms with van der Waals surface area (Å²) in [6.45, 7) is 8.73. The van der Waals surface area contributed by atoms with E-state index in [0.29, 0.717) is 5.56 Å². The number of hydrogen-bond acceptors (Lipinski definition) is 5. The predicted octanol–water partition coefficient (Wildman–Crippen LogP) is 4.31. The first-order chi connectivity index (χ1) is 14.1. The third-order valence-electron chi connectivity index (χ3n) is 5.70. The average Bonchev–Trinajstić information content (AvgIpc) is 3.06. The summed E-state index contributed by atoms with van der Waals surface area (Å²) >= 11 is 0. The van der Waals surface area contributed by atoms with E-state index in [1.807, 2.05) is 24.3 Å². The Morgan fingerprint density at radius 1 is 1.10 bits per heavy atom. The molecule has 1 atom stereocenters. The number of rotatable bonds is 4. The SMILES string of the molecule is C[C@H](Nc1ccc(C(N)=O)c2[nH]c3cc(-c4cnc(N)nc4)ccc3c12)C(C)(C)C. The standard InChI is InChI=1S/C23H26N6O/c1-12(23(2,3)4)28-17-8-7-16(21(24)30)20-19(17)15-6-5-13(9-18(15)29-20)14-10-26-22(25)27-11-14/h5-12,28-29H,1-4H3,(H2,24,30)(H2,25,26,27)/t12-/m0/s1. The van der Waals surface area contributed by atoms with Crippen LogP contribution in [0.15, 0.2) is 42.7 Å². The molecule has 7 nitrogen and oxygen atoms in total. The number of carbonyl (C=O) groups is 1. The van der Waals surface area contributed by atoms with Crippen molar-refractivity contribution in [3.05, 3.63) is 48.3 Å². The predicted molar refractivity (Wildman–Crippen MR) is 122 cm³/mol. The minimum absolute atomic E-state index is 0.0725. The van der Waals surface area contributed by atoms with Crippen molar-refractivity contribution >= 4 is 39.3 Å². The van der Waals surface area contributed by atoms with E-state index < -0.39 is 5.91 Å². The molecule has 0 bridgehead atoms. The van der Waals surface area contributed by atoms with Crippen LogP contribution < -0.4 is 16.8 Å². The molecule has 0 spiro atoms. The van der Waals surface area contributed by atoms with Gasteiger partial charge in [0.15, 0.2) is 0 Å². The lowest BCUT2D eigenvalue weighted by molar-refractivity contribution is 0.100. The first-order valence-corrected chi connectivity index (χ1v) is 9.88. The molecule has 2 aromatic carbocycles. The zero-order valence-corrected chi connectivity index (χ0v) is 17.6. The molecule has 0 fully saturated rings. The van der Waals surface area contributed by atoms with Crippen molar-refractivity contribution in [2.45, 2.75) is 33.7 Å². The van der Waals surface area contributed by atoms with Crippen LogP contribution in [0.4, 0.5) is 11.6 Å². The monoisotopic (exact) mass is 402 g/mol. The van der Waals surface area contributed by atoms with Crippen molar-refractivity contribution in [1.82, 2.24) is 15.0 Å². The van der Waals surface area contributed by atoms with E-state index in [1.54, 1.807) is 18.5 Å². The number of H-pyrrole nitrogens is 1. The van der Waals surface area contributed by atoms with Gasteiger partial charge in [0.2, 0.25) is 5.95 Å². The summed E-state index contributed by atoms with van der Waals surface area (Å²) in [4.78, 5) is 23.6. The molecule has 0 aliphatic heterocycles. The number of anilines is 2. The summed E-state index contributed by atoms with van der Waals surface area (Å²) in [5, 5.41) is 5.58. The van der Waals surface area contributed by atoms with Crippen molar-refractivity contribution in [3.63, 3.8) is 0 Å². The van der Waals surface area contributed by atoms with E-state index in [1.165, 1.54) is 0 Å². The molecule has 0 saturated heterocycles. The van der Waals surface area contributed by atoms with Gasteiger partial charge in [0, 0.05) is 46.0 Å². The van der Waals surface area contributed by atoms with Gasteiger partial charge in [0.05, 0.1) is 11.1 Å². The lowest BCUT2D eigenvalue weighted by Gasteiger charge is -2.29. The second-order valence-corrected chi connectivity index (χ2v) is 8.72. The Morgan fingerprint density at radius 2 is 1.80 bits per heavy atom. The topological polar surface area (TPSA) is 123 Å². The number of nitrogens with two attached hydrogens (primary N) is 2. The number of primary amides is 1. The fourth-order valence-corrected chi connectivity index (χ4v) is 3.45. The average molecular weight is 403 g/mol. The summed E-state index contributed by atoms with van der Waals surface area (Å²) < 4.78 is 0. The molecule has 0 unspecified atom stereocenters. The van der Waals surface area contributed by atoms with Gasteiger partial charge < -0.3 is 21.8 Å². The molecule has 2 aromatic heterocycles. The van der Waals surface area contributed by atoms with Crippen molar-refractivity contribution < 1.29 is 4.79 Å². The van der Waals surface area contributed by atoms with Crippen molar-refractivity contribution in [2.75, 3.05) is 11.1 Å². The Bertz CT molecular complexity index is 1250. The summed E-state index contributed by atoms with van der Waals surface area (Å²) in [5.74, 6) is -0.227. The Kier molecular flexibility index (Phi) is 4.61. The van der Waals surface area contributed by atoms with Crippen LogP contribution >= 0.6 is 0 Å². The molecular weight excluding hydrogens is 376 g/mol. The second kappa shape index (κ2) is 7.02. The molecule has 154 valence electrons. The minimum Gasteiger partial charge on any atom is -0.381 e. The van der Waals surface area contributed by atoms with Crippen molar-refractivity contribution in [3.8, 4) is 11.1 Å². The fourth-order valence-electron chi connectivity index (χ4n) is 3.45. The summed E-state index contributed by atoms with van der Waals surface area (Å²) in [7, 11) is 0. The maximum atomic E-state index is 12.1. The van der Waals surface area contributed by atoms with Gasteiger partial charge in [-0.15, -0.1) is 0 Å². The first-order valence-electron chi connectivity index (χ1n) is 9.88. The maximum absolute atomic E-state index is 12.1. The number of aromatic nitrogens is 3. The highest BCUT2D eigenvalue weighted by Gasteiger charge is 2.22. The van der Waals surface area contributed by atoms with Gasteiger partial charge in [-0.3, -0.25) is 4.79 Å². The number of hydrogen-bond donors (Lipinski definition) is 4. The van der Waals surface area contributed by atoms with E-state index in [0.717, 1.165) is 38.6 Å². The van der Waals surface area contributed by atoms with Gasteiger partial charge >= 0.3 is 0 Å². The van der Waals surface area contributed by atoms with Crippen LogP contribution in [0.3, 0.4) is 0 Å². The third-order valence-corrected chi connectivity index (χ3v) is 5.70. The molecule has 0 radical (unpaired) electrons. The number of nitrogens with one attached hydrogen (secondary N) is 2. The highest BCUT2D eigenvalue weighted by molar-refractivity contribution is 6.19. The number of benzene rings is 2.